The van der Waals surface area contributed by atoms with Crippen LogP contribution in [0.1, 0.15) is 53.7 Å². The number of pyridine rings is 1. The van der Waals surface area contributed by atoms with Crippen LogP contribution in [0.5, 0.6) is 5.75 Å². The molecule has 3 unspecified atom stereocenters. The van der Waals surface area contributed by atoms with Crippen molar-refractivity contribution in [2.45, 2.75) is 38.5 Å². The van der Waals surface area contributed by atoms with Crippen LogP contribution in [0.3, 0.4) is 0 Å². The molecule has 1 aromatic carbocycles. The van der Waals surface area contributed by atoms with E-state index in [-0.39, 0.29) is 23.4 Å². The first-order valence-electron chi connectivity index (χ1n) is 11.2. The molecule has 32 heavy (non-hydrogen) atoms. The number of anilines is 1. The van der Waals surface area contributed by atoms with Crippen molar-refractivity contribution >= 4 is 29.7 Å². The summed E-state index contributed by atoms with van der Waals surface area (Å²) in [6.07, 6.45) is 4.98. The van der Waals surface area contributed by atoms with Gasteiger partial charge in [-0.15, -0.1) is 0 Å². The molecule has 0 saturated heterocycles. The highest BCUT2D eigenvalue weighted by molar-refractivity contribution is 6.30. The zero-order chi connectivity index (χ0) is 22.7. The van der Waals surface area contributed by atoms with Crippen LogP contribution in [0, 0.1) is 11.8 Å². The lowest BCUT2D eigenvalue weighted by molar-refractivity contribution is -0.115. The Morgan fingerprint density at radius 2 is 2.16 bits per heavy atom. The third-order valence-electron chi connectivity index (χ3n) is 6.58. The van der Waals surface area contributed by atoms with Crippen LogP contribution in [-0.2, 0) is 16.0 Å². The van der Waals surface area contributed by atoms with Crippen molar-refractivity contribution in [2.75, 3.05) is 31.7 Å². The molecular formula is C25H29ClN2O4. The molecule has 0 spiro atoms. The summed E-state index contributed by atoms with van der Waals surface area (Å²) in [5.74, 6) is 1.27. The number of aryl methyl sites for hydroxylation is 1. The number of halogens is 1. The number of hydrogen-bond donors (Lipinski definition) is 0. The highest BCUT2D eigenvalue weighted by Crippen LogP contribution is 2.39. The second kappa shape index (κ2) is 9.90. The number of rotatable bonds is 7. The van der Waals surface area contributed by atoms with Gasteiger partial charge in [0.1, 0.15) is 6.29 Å². The smallest absolute Gasteiger partial charge is 0.356 e. The number of carbonyl (C=O) groups excluding carboxylic acids is 2. The van der Waals surface area contributed by atoms with Gasteiger partial charge in [0.25, 0.3) is 0 Å². The Bertz CT molecular complexity index is 996. The lowest BCUT2D eigenvalue weighted by Gasteiger charge is -2.38. The summed E-state index contributed by atoms with van der Waals surface area (Å²) in [7, 11) is 1.35. The molecule has 0 amide bonds. The maximum atomic E-state index is 12.1. The third-order valence-corrected chi connectivity index (χ3v) is 6.82. The van der Waals surface area contributed by atoms with E-state index in [1.54, 1.807) is 12.1 Å². The van der Waals surface area contributed by atoms with Crippen LogP contribution >= 0.6 is 11.6 Å². The molecule has 1 fully saturated rings. The number of methoxy groups -OCH3 is 1. The quantitative estimate of drug-likeness (QED) is 0.445. The van der Waals surface area contributed by atoms with Gasteiger partial charge in [-0.1, -0.05) is 31.0 Å². The minimum atomic E-state index is -0.481. The average molecular weight is 457 g/mol. The second-order valence-electron chi connectivity index (χ2n) is 8.65. The Kier molecular flexibility index (Phi) is 6.99. The molecule has 0 N–H and O–H groups in total. The topological polar surface area (TPSA) is 68.7 Å². The van der Waals surface area contributed by atoms with Crippen LogP contribution < -0.4 is 9.64 Å². The second-order valence-corrected chi connectivity index (χ2v) is 9.09. The Morgan fingerprint density at radius 1 is 1.31 bits per heavy atom. The first-order valence-corrected chi connectivity index (χ1v) is 11.6. The summed E-state index contributed by atoms with van der Waals surface area (Å²) in [5, 5.41) is 0.736. The number of esters is 1. The molecule has 3 atom stereocenters. The Hall–Kier alpha value is -2.60. The van der Waals surface area contributed by atoms with Gasteiger partial charge in [0.05, 0.1) is 13.7 Å². The van der Waals surface area contributed by atoms with E-state index in [1.165, 1.54) is 18.2 Å². The number of fused-ring (bicyclic) bond motifs is 1. The van der Waals surface area contributed by atoms with Gasteiger partial charge in [0, 0.05) is 29.9 Å². The number of aldehydes is 1. The highest BCUT2D eigenvalue weighted by atomic mass is 35.5. The fourth-order valence-corrected chi connectivity index (χ4v) is 4.87. The van der Waals surface area contributed by atoms with Crippen molar-refractivity contribution in [3.8, 4) is 5.75 Å². The van der Waals surface area contributed by atoms with Gasteiger partial charge in [-0.25, -0.2) is 9.78 Å². The zero-order valence-corrected chi connectivity index (χ0v) is 19.3. The van der Waals surface area contributed by atoms with Crippen LogP contribution in [0.15, 0.2) is 30.3 Å². The van der Waals surface area contributed by atoms with Crippen LogP contribution in [0.2, 0.25) is 5.02 Å². The van der Waals surface area contributed by atoms with E-state index in [4.69, 9.17) is 21.1 Å². The molecule has 2 heterocycles. The minimum absolute atomic E-state index is 0.0797. The van der Waals surface area contributed by atoms with Crippen molar-refractivity contribution in [1.82, 2.24) is 4.98 Å². The molecule has 7 heteroatoms. The van der Waals surface area contributed by atoms with Crippen molar-refractivity contribution in [2.24, 2.45) is 11.8 Å². The van der Waals surface area contributed by atoms with Crippen molar-refractivity contribution in [3.63, 3.8) is 0 Å². The van der Waals surface area contributed by atoms with Crippen LogP contribution in [0.25, 0.3) is 0 Å². The Morgan fingerprint density at radius 3 is 2.84 bits per heavy atom. The summed E-state index contributed by atoms with van der Waals surface area (Å²) < 4.78 is 11.1. The predicted octanol–water partition coefficient (Wildman–Crippen LogP) is 4.68. The molecule has 170 valence electrons. The van der Waals surface area contributed by atoms with Gasteiger partial charge in [0.15, 0.2) is 17.3 Å². The number of benzene rings is 1. The van der Waals surface area contributed by atoms with E-state index < -0.39 is 5.97 Å². The fourth-order valence-electron chi connectivity index (χ4n) is 4.68. The lowest BCUT2D eigenvalue weighted by atomic mass is 9.74. The largest absolute Gasteiger partial charge is 0.489 e. The molecule has 1 aliphatic heterocycles. The molecule has 0 radical (unpaired) electrons. The van der Waals surface area contributed by atoms with Gasteiger partial charge in [-0.3, -0.25) is 0 Å². The van der Waals surface area contributed by atoms with Crippen LogP contribution in [-0.4, -0.2) is 44.0 Å². The highest BCUT2D eigenvalue weighted by Gasteiger charge is 2.35. The maximum Gasteiger partial charge on any atom is 0.356 e. The van der Waals surface area contributed by atoms with Gasteiger partial charge >= 0.3 is 5.97 Å². The first kappa shape index (κ1) is 22.6. The SMILES string of the molecule is CCCc1cc(Cl)ccc1C1COc2ccc(C(=O)OC)nc2N(CC2CCC2C=O)C1. The van der Waals surface area contributed by atoms with Gasteiger partial charge in [0.2, 0.25) is 0 Å². The minimum Gasteiger partial charge on any atom is -0.489 e. The van der Waals surface area contributed by atoms with Gasteiger partial charge in [-0.05, 0) is 60.6 Å². The standard InChI is InChI=1S/C25H29ClN2O4/c1-3-4-16-11-20(26)7-8-21(16)19-13-28(12-17-5-6-18(17)14-29)24-23(32-15-19)10-9-22(27-24)25(30)31-2/h7-11,14,17-19H,3-6,12-13,15H2,1-2H3. The Labute approximate surface area is 193 Å². The Balaban J connectivity index is 1.69. The molecule has 1 aromatic heterocycles. The summed E-state index contributed by atoms with van der Waals surface area (Å²) in [4.78, 5) is 30.3. The zero-order valence-electron chi connectivity index (χ0n) is 18.6. The van der Waals surface area contributed by atoms with Crippen LogP contribution in [0.4, 0.5) is 5.82 Å². The molecule has 2 aliphatic rings. The van der Waals surface area contributed by atoms with E-state index in [1.807, 2.05) is 12.1 Å². The van der Waals surface area contributed by atoms with Crippen molar-refractivity contribution < 1.29 is 19.1 Å². The lowest BCUT2D eigenvalue weighted by Crippen LogP contribution is -2.41. The molecule has 2 aromatic rings. The summed E-state index contributed by atoms with van der Waals surface area (Å²) >= 11 is 6.28. The fraction of sp³-hybridized carbons (Fsp3) is 0.480. The van der Waals surface area contributed by atoms with Crippen molar-refractivity contribution in [1.29, 1.82) is 0 Å². The molecular weight excluding hydrogens is 428 g/mol. The van der Waals surface area contributed by atoms with Crippen molar-refractivity contribution in [3.05, 3.63) is 52.2 Å². The van der Waals surface area contributed by atoms with E-state index >= 15 is 0 Å². The molecule has 0 bridgehead atoms. The van der Waals surface area contributed by atoms with E-state index in [2.05, 4.69) is 22.9 Å². The molecule has 4 rings (SSSR count). The summed E-state index contributed by atoms with van der Waals surface area (Å²) in [5.41, 5.74) is 2.71. The average Bonchev–Trinajstić information content (AvgIpc) is 2.96. The summed E-state index contributed by atoms with van der Waals surface area (Å²) in [6.45, 7) is 4.05. The molecule has 6 nitrogen and oxygen atoms in total. The number of aromatic nitrogens is 1. The maximum absolute atomic E-state index is 12.1. The van der Waals surface area contributed by atoms with E-state index in [9.17, 15) is 9.59 Å². The normalized spacial score (nSPS) is 22.2. The molecule has 1 saturated carbocycles. The van der Waals surface area contributed by atoms with Gasteiger partial charge < -0.3 is 19.2 Å². The monoisotopic (exact) mass is 456 g/mol. The first-order chi connectivity index (χ1) is 15.5. The number of hydrogen-bond acceptors (Lipinski definition) is 6. The third kappa shape index (κ3) is 4.60. The van der Waals surface area contributed by atoms with E-state index in [0.29, 0.717) is 31.3 Å². The number of nitrogens with zero attached hydrogens (tertiary/aromatic N) is 2. The number of carbonyl (C=O) groups is 2. The molecule has 1 aliphatic carbocycles. The number of ether oxygens (including phenoxy) is 2. The summed E-state index contributed by atoms with van der Waals surface area (Å²) in [6, 6.07) is 9.49. The predicted molar refractivity (Wildman–Crippen MR) is 124 cm³/mol. The van der Waals surface area contributed by atoms with Gasteiger partial charge in [-0.2, -0.15) is 0 Å². The van der Waals surface area contributed by atoms with E-state index in [0.717, 1.165) is 37.0 Å².